The Bertz CT molecular complexity index is 738. The Morgan fingerprint density at radius 1 is 1.38 bits per heavy atom. The molecule has 1 amide bonds. The maximum Gasteiger partial charge on any atom is 0.223 e. The number of carbonyl (C=O) groups excluding carboxylic acids is 1. The van der Waals surface area contributed by atoms with Crippen LogP contribution in [0.25, 0.3) is 0 Å². The van der Waals surface area contributed by atoms with E-state index < -0.39 is 0 Å². The summed E-state index contributed by atoms with van der Waals surface area (Å²) >= 11 is 1.66. The Labute approximate surface area is 159 Å². The van der Waals surface area contributed by atoms with Crippen molar-refractivity contribution in [3.8, 4) is 0 Å². The number of aliphatic hydroxyl groups is 1. The lowest BCUT2D eigenvalue weighted by Gasteiger charge is -2.31. The Morgan fingerprint density at radius 2 is 2.15 bits per heavy atom. The summed E-state index contributed by atoms with van der Waals surface area (Å²) in [6.45, 7) is 5.72. The highest BCUT2D eigenvalue weighted by molar-refractivity contribution is 7.13. The molecule has 140 valence electrons. The molecule has 0 saturated carbocycles. The smallest absolute Gasteiger partial charge is 0.223 e. The molecular weight excluding hydrogens is 346 g/mol. The van der Waals surface area contributed by atoms with Crippen LogP contribution in [0.3, 0.4) is 0 Å². The minimum Gasteiger partial charge on any atom is -0.394 e. The van der Waals surface area contributed by atoms with Gasteiger partial charge in [-0.15, -0.1) is 11.3 Å². The van der Waals surface area contributed by atoms with Gasteiger partial charge in [-0.05, 0) is 38.7 Å². The van der Waals surface area contributed by atoms with Crippen molar-refractivity contribution < 1.29 is 9.90 Å². The first-order chi connectivity index (χ1) is 12.5. The fourth-order valence-electron chi connectivity index (χ4n) is 3.42. The van der Waals surface area contributed by atoms with Gasteiger partial charge >= 0.3 is 0 Å². The van der Waals surface area contributed by atoms with Crippen LogP contribution in [0.2, 0.25) is 0 Å². The first-order valence-corrected chi connectivity index (χ1v) is 10.1. The average Bonchev–Trinajstić information content (AvgIpc) is 3.07. The Kier molecular flexibility index (Phi) is 6.27. The summed E-state index contributed by atoms with van der Waals surface area (Å²) in [6, 6.07) is 7.97. The zero-order valence-electron chi connectivity index (χ0n) is 15.4. The molecular formula is C20H27N3O2S. The van der Waals surface area contributed by atoms with Gasteiger partial charge in [-0.3, -0.25) is 4.79 Å². The average molecular weight is 374 g/mol. The van der Waals surface area contributed by atoms with Crippen LogP contribution >= 0.6 is 11.3 Å². The second kappa shape index (κ2) is 8.64. The van der Waals surface area contributed by atoms with E-state index in [4.69, 9.17) is 0 Å². The third-order valence-electron chi connectivity index (χ3n) is 4.87. The highest BCUT2D eigenvalue weighted by Crippen LogP contribution is 2.26. The van der Waals surface area contributed by atoms with E-state index >= 15 is 0 Å². The summed E-state index contributed by atoms with van der Waals surface area (Å²) < 4.78 is 0. The molecule has 6 heteroatoms. The largest absolute Gasteiger partial charge is 0.394 e. The number of aliphatic hydroxyl groups excluding tert-OH is 1. The van der Waals surface area contributed by atoms with Crippen LogP contribution in [0, 0.1) is 19.8 Å². The van der Waals surface area contributed by atoms with Crippen molar-refractivity contribution in [2.75, 3.05) is 24.6 Å². The lowest BCUT2D eigenvalue weighted by atomic mass is 9.95. The van der Waals surface area contributed by atoms with Crippen molar-refractivity contribution in [1.82, 2.24) is 10.3 Å². The summed E-state index contributed by atoms with van der Waals surface area (Å²) in [5.41, 5.74) is 3.38. The molecule has 1 aliphatic heterocycles. The van der Waals surface area contributed by atoms with Crippen molar-refractivity contribution in [1.29, 1.82) is 0 Å². The zero-order valence-corrected chi connectivity index (χ0v) is 16.3. The number of rotatable bonds is 6. The van der Waals surface area contributed by atoms with Crippen molar-refractivity contribution in [2.24, 2.45) is 5.92 Å². The molecule has 0 aliphatic carbocycles. The van der Waals surface area contributed by atoms with E-state index in [0.717, 1.165) is 42.3 Å². The fraction of sp³-hybridized carbons (Fsp3) is 0.500. The van der Waals surface area contributed by atoms with E-state index in [-0.39, 0.29) is 24.5 Å². The van der Waals surface area contributed by atoms with Crippen molar-refractivity contribution >= 4 is 22.4 Å². The molecule has 26 heavy (non-hydrogen) atoms. The molecule has 1 fully saturated rings. The molecule has 0 spiro atoms. The highest BCUT2D eigenvalue weighted by Gasteiger charge is 2.27. The molecule has 1 saturated heterocycles. The highest BCUT2D eigenvalue weighted by atomic mass is 32.1. The first kappa shape index (κ1) is 18.9. The molecule has 2 heterocycles. The van der Waals surface area contributed by atoms with Crippen LogP contribution < -0.4 is 10.2 Å². The summed E-state index contributed by atoms with van der Waals surface area (Å²) in [6.07, 6.45) is 2.31. The predicted octanol–water partition coefficient (Wildman–Crippen LogP) is 2.70. The number of aryl methyl sites for hydroxylation is 2. The molecule has 0 bridgehead atoms. The van der Waals surface area contributed by atoms with Crippen molar-refractivity contribution in [2.45, 2.75) is 39.2 Å². The third-order valence-corrected chi connectivity index (χ3v) is 5.89. The molecule has 5 nitrogen and oxygen atoms in total. The van der Waals surface area contributed by atoms with Crippen LogP contribution in [-0.4, -0.2) is 41.7 Å². The number of piperidine rings is 1. The van der Waals surface area contributed by atoms with E-state index in [1.54, 1.807) is 11.3 Å². The molecule has 3 rings (SSSR count). The number of nitrogens with one attached hydrogen (secondary N) is 1. The van der Waals surface area contributed by atoms with Crippen LogP contribution in [0.5, 0.6) is 0 Å². The van der Waals surface area contributed by atoms with Crippen LogP contribution in [0.15, 0.2) is 29.6 Å². The van der Waals surface area contributed by atoms with Gasteiger partial charge in [0.25, 0.3) is 0 Å². The number of benzene rings is 1. The summed E-state index contributed by atoms with van der Waals surface area (Å²) in [4.78, 5) is 19.4. The number of amides is 1. The molecule has 1 aliphatic rings. The maximum atomic E-state index is 12.6. The second-order valence-electron chi connectivity index (χ2n) is 7.11. The third kappa shape index (κ3) is 4.83. The number of aromatic nitrogens is 1. The number of nitrogens with zero attached hydrogens (tertiary/aromatic N) is 2. The van der Waals surface area contributed by atoms with E-state index in [9.17, 15) is 9.90 Å². The zero-order chi connectivity index (χ0) is 18.5. The van der Waals surface area contributed by atoms with E-state index in [1.165, 1.54) is 5.56 Å². The van der Waals surface area contributed by atoms with Crippen LogP contribution in [0.1, 0.15) is 29.7 Å². The summed E-state index contributed by atoms with van der Waals surface area (Å²) in [5, 5.41) is 15.8. The van der Waals surface area contributed by atoms with Gasteiger partial charge in [0, 0.05) is 24.4 Å². The monoisotopic (exact) mass is 373 g/mol. The topological polar surface area (TPSA) is 65.5 Å². The molecule has 0 radical (unpaired) electrons. The second-order valence-corrected chi connectivity index (χ2v) is 7.95. The predicted molar refractivity (Wildman–Crippen MR) is 106 cm³/mol. The Hall–Kier alpha value is -1.92. The Morgan fingerprint density at radius 3 is 2.77 bits per heavy atom. The first-order valence-electron chi connectivity index (χ1n) is 9.19. The van der Waals surface area contributed by atoms with Crippen molar-refractivity contribution in [3.63, 3.8) is 0 Å². The quantitative estimate of drug-likeness (QED) is 0.817. The Balaban J connectivity index is 1.51. The van der Waals surface area contributed by atoms with E-state index in [1.807, 2.05) is 32.0 Å². The van der Waals surface area contributed by atoms with Gasteiger partial charge in [0.15, 0.2) is 5.13 Å². The fourth-order valence-corrected chi connectivity index (χ4v) is 4.28. The molecule has 1 aromatic heterocycles. The number of anilines is 1. The number of thiazole rings is 1. The van der Waals surface area contributed by atoms with Crippen LogP contribution in [-0.2, 0) is 11.2 Å². The lowest BCUT2D eigenvalue weighted by Crippen LogP contribution is -2.45. The standard InChI is InChI=1S/C20H27N3O2S/c1-14-4-3-5-16(10-14)11-18(12-24)22-19(25)17-6-8-23(9-7-17)20-21-15(2)13-26-20/h3-5,10,13,17-18,24H,6-9,11-12H2,1-2H3,(H,22,25). The maximum absolute atomic E-state index is 12.6. The number of carbonyl (C=O) groups is 1. The normalized spacial score (nSPS) is 16.5. The van der Waals surface area contributed by atoms with Gasteiger partial charge in [-0.1, -0.05) is 29.8 Å². The number of hydrogen-bond acceptors (Lipinski definition) is 5. The molecule has 1 unspecified atom stereocenters. The lowest BCUT2D eigenvalue weighted by molar-refractivity contribution is -0.126. The van der Waals surface area contributed by atoms with Gasteiger partial charge in [-0.25, -0.2) is 4.98 Å². The minimum absolute atomic E-state index is 0.0128. The minimum atomic E-state index is -0.232. The van der Waals surface area contributed by atoms with Gasteiger partial charge in [-0.2, -0.15) is 0 Å². The SMILES string of the molecule is Cc1cccc(CC(CO)NC(=O)C2CCN(c3nc(C)cs3)CC2)c1. The van der Waals surface area contributed by atoms with E-state index in [0.29, 0.717) is 6.42 Å². The van der Waals surface area contributed by atoms with Gasteiger partial charge in [0.2, 0.25) is 5.91 Å². The van der Waals surface area contributed by atoms with Gasteiger partial charge in [0.05, 0.1) is 18.3 Å². The molecule has 1 atom stereocenters. The van der Waals surface area contributed by atoms with E-state index in [2.05, 4.69) is 26.6 Å². The van der Waals surface area contributed by atoms with Crippen LogP contribution in [0.4, 0.5) is 5.13 Å². The van der Waals surface area contributed by atoms with Gasteiger partial charge < -0.3 is 15.3 Å². The van der Waals surface area contributed by atoms with Gasteiger partial charge in [0.1, 0.15) is 0 Å². The molecule has 2 aromatic rings. The van der Waals surface area contributed by atoms with Crippen molar-refractivity contribution in [3.05, 3.63) is 46.5 Å². The summed E-state index contributed by atoms with van der Waals surface area (Å²) in [7, 11) is 0. The molecule has 1 aromatic carbocycles. The number of hydrogen-bond donors (Lipinski definition) is 2. The summed E-state index contributed by atoms with van der Waals surface area (Å²) in [5.74, 6) is 0.0746. The molecule has 2 N–H and O–H groups in total.